The summed E-state index contributed by atoms with van der Waals surface area (Å²) in [4.78, 5) is 12.7. The molecule has 0 aliphatic carbocycles. The van der Waals surface area contributed by atoms with Crippen molar-refractivity contribution in [3.63, 3.8) is 0 Å². The first-order valence-electron chi connectivity index (χ1n) is 9.43. The van der Waals surface area contributed by atoms with Crippen molar-refractivity contribution in [2.75, 3.05) is 6.61 Å². The van der Waals surface area contributed by atoms with E-state index in [0.29, 0.717) is 18.6 Å². The van der Waals surface area contributed by atoms with Gasteiger partial charge in [-0.1, -0.05) is 46.9 Å². The van der Waals surface area contributed by atoms with Gasteiger partial charge in [0.15, 0.2) is 12.1 Å². The van der Waals surface area contributed by atoms with Gasteiger partial charge < -0.3 is 23.7 Å². The van der Waals surface area contributed by atoms with Gasteiger partial charge in [-0.2, -0.15) is 0 Å². The van der Waals surface area contributed by atoms with Gasteiger partial charge in [0.2, 0.25) is 0 Å². The van der Waals surface area contributed by atoms with Crippen LogP contribution in [-0.4, -0.2) is 53.0 Å². The molecule has 2 heterocycles. The lowest BCUT2D eigenvalue weighted by atomic mass is 9.99. The highest BCUT2D eigenvalue weighted by Gasteiger charge is 2.53. The zero-order chi connectivity index (χ0) is 21.0. The van der Waals surface area contributed by atoms with E-state index >= 15 is 0 Å². The molecule has 0 saturated carbocycles. The van der Waals surface area contributed by atoms with Gasteiger partial charge in [0, 0.05) is 6.42 Å². The number of esters is 1. The molecule has 0 bridgehead atoms. The minimum Gasteiger partial charge on any atom is -0.455 e. The van der Waals surface area contributed by atoms with Crippen molar-refractivity contribution in [3.8, 4) is 12.3 Å². The van der Waals surface area contributed by atoms with Crippen LogP contribution in [0.3, 0.4) is 0 Å². The molecule has 0 radical (unpaired) electrons. The smallest absolute Gasteiger partial charge is 0.338 e. The van der Waals surface area contributed by atoms with Gasteiger partial charge in [0.05, 0.1) is 18.3 Å². The molecule has 2 saturated heterocycles. The third-order valence-corrected chi connectivity index (χ3v) is 6.03. The first kappa shape index (κ1) is 22.2. The molecular formula is C22H25IO6. The second-order valence-electron chi connectivity index (χ2n) is 7.34. The fourth-order valence-corrected chi connectivity index (χ4v) is 4.17. The summed E-state index contributed by atoms with van der Waals surface area (Å²) in [5, 5.41) is 0. The van der Waals surface area contributed by atoms with Crippen molar-refractivity contribution in [2.24, 2.45) is 0 Å². The maximum atomic E-state index is 12.7. The average molecular weight is 512 g/mol. The first-order chi connectivity index (χ1) is 13.8. The molecule has 3 rings (SSSR count). The monoisotopic (exact) mass is 512 g/mol. The second kappa shape index (κ2) is 9.58. The summed E-state index contributed by atoms with van der Waals surface area (Å²) in [6, 6.07) is 8.85. The molecule has 2 fully saturated rings. The number of carbonyl (C=O) groups excluding carboxylic acids is 1. The summed E-state index contributed by atoms with van der Waals surface area (Å²) in [7, 11) is 0. The fourth-order valence-electron chi connectivity index (χ4n) is 3.27. The van der Waals surface area contributed by atoms with Crippen LogP contribution < -0.4 is 0 Å². The average Bonchev–Trinajstić information content (AvgIpc) is 2.71. The Kier molecular flexibility index (Phi) is 7.35. The highest BCUT2D eigenvalue weighted by molar-refractivity contribution is 14.1. The Morgan fingerprint density at radius 2 is 2.17 bits per heavy atom. The van der Waals surface area contributed by atoms with E-state index in [1.165, 1.54) is 0 Å². The van der Waals surface area contributed by atoms with Crippen molar-refractivity contribution < 1.29 is 28.5 Å². The van der Waals surface area contributed by atoms with E-state index in [0.717, 1.165) is 0 Å². The second-order valence-corrected chi connectivity index (χ2v) is 8.77. The van der Waals surface area contributed by atoms with Crippen molar-refractivity contribution >= 4 is 28.6 Å². The number of terminal acetylenes is 1. The molecule has 0 spiro atoms. The minimum atomic E-state index is -0.806. The summed E-state index contributed by atoms with van der Waals surface area (Å²) in [5.74, 6) is 1.34. The Balaban J connectivity index is 1.82. The normalized spacial score (nSPS) is 31.7. The number of rotatable bonds is 6. The van der Waals surface area contributed by atoms with E-state index in [-0.39, 0.29) is 10.0 Å². The van der Waals surface area contributed by atoms with Crippen LogP contribution in [0.2, 0.25) is 0 Å². The standard InChI is InChI=1S/C22H25IO6/c1-5-10-15(6-2)26-21-17(23)19(28-20(24)14-11-8-7-9-12-14)18-16(27-21)13-25-22(3,4)29-18/h1,6-9,11-12,15-19,21H,2,10,13H2,3-4H3/t15-,16-,17+,18-,19-,21+/m1/s1. The Morgan fingerprint density at radius 3 is 2.83 bits per heavy atom. The Bertz CT molecular complexity index is 758. The van der Waals surface area contributed by atoms with Crippen LogP contribution in [0.1, 0.15) is 30.6 Å². The molecule has 6 nitrogen and oxygen atoms in total. The fraction of sp³-hybridized carbons (Fsp3) is 0.500. The maximum absolute atomic E-state index is 12.7. The van der Waals surface area contributed by atoms with Gasteiger partial charge in [0.1, 0.15) is 22.2 Å². The predicted molar refractivity (Wildman–Crippen MR) is 116 cm³/mol. The van der Waals surface area contributed by atoms with E-state index < -0.39 is 36.4 Å². The molecule has 2 aliphatic rings. The lowest BCUT2D eigenvalue weighted by Gasteiger charge is -2.49. The van der Waals surface area contributed by atoms with Crippen LogP contribution in [0.15, 0.2) is 43.0 Å². The van der Waals surface area contributed by atoms with Gasteiger partial charge in [-0.15, -0.1) is 18.9 Å². The zero-order valence-electron chi connectivity index (χ0n) is 16.5. The molecule has 1 aromatic carbocycles. The first-order valence-corrected chi connectivity index (χ1v) is 10.7. The number of hydrogen-bond acceptors (Lipinski definition) is 6. The highest BCUT2D eigenvalue weighted by Crippen LogP contribution is 2.38. The van der Waals surface area contributed by atoms with Crippen LogP contribution in [0.5, 0.6) is 0 Å². The van der Waals surface area contributed by atoms with Crippen LogP contribution in [-0.2, 0) is 23.7 Å². The Morgan fingerprint density at radius 1 is 1.45 bits per heavy atom. The SMILES string of the molecule is C#CC[C@@H](C=C)O[C@H]1O[C@@H]2COC(C)(C)O[C@H]2[C@H](OC(=O)c2ccccc2)[C@@H]1I. The summed E-state index contributed by atoms with van der Waals surface area (Å²) >= 11 is 2.18. The van der Waals surface area contributed by atoms with Gasteiger partial charge in [-0.05, 0) is 26.0 Å². The number of carbonyl (C=O) groups is 1. The van der Waals surface area contributed by atoms with Crippen molar-refractivity contribution in [3.05, 3.63) is 48.6 Å². The molecule has 1 aromatic rings. The number of halogens is 1. The summed E-state index contributed by atoms with van der Waals surface area (Å²) in [6.45, 7) is 7.71. The van der Waals surface area contributed by atoms with Crippen LogP contribution >= 0.6 is 22.6 Å². The number of ether oxygens (including phenoxy) is 5. The van der Waals surface area contributed by atoms with Gasteiger partial charge in [-0.3, -0.25) is 0 Å². The summed E-state index contributed by atoms with van der Waals surface area (Å²) in [5.41, 5.74) is 0.472. The molecule has 0 amide bonds. The quantitative estimate of drug-likeness (QED) is 0.191. The topological polar surface area (TPSA) is 63.2 Å². The lowest BCUT2D eigenvalue weighted by Crippen LogP contribution is -2.64. The molecule has 156 valence electrons. The maximum Gasteiger partial charge on any atom is 0.338 e. The third kappa shape index (κ3) is 5.38. The van der Waals surface area contributed by atoms with Crippen molar-refractivity contribution in [2.45, 2.75) is 60.7 Å². The van der Waals surface area contributed by atoms with Gasteiger partial charge in [0.25, 0.3) is 0 Å². The van der Waals surface area contributed by atoms with E-state index in [1.54, 1.807) is 30.3 Å². The molecule has 29 heavy (non-hydrogen) atoms. The lowest BCUT2D eigenvalue weighted by molar-refractivity contribution is -0.361. The van der Waals surface area contributed by atoms with E-state index in [9.17, 15) is 4.79 Å². The largest absolute Gasteiger partial charge is 0.455 e. The number of fused-ring (bicyclic) bond motifs is 1. The molecule has 0 aromatic heterocycles. The van der Waals surface area contributed by atoms with Gasteiger partial charge >= 0.3 is 5.97 Å². The zero-order valence-corrected chi connectivity index (χ0v) is 18.6. The van der Waals surface area contributed by atoms with Crippen LogP contribution in [0.25, 0.3) is 0 Å². The number of benzene rings is 1. The highest BCUT2D eigenvalue weighted by atomic mass is 127. The molecular weight excluding hydrogens is 487 g/mol. The van der Waals surface area contributed by atoms with E-state index in [4.69, 9.17) is 30.1 Å². The molecule has 7 heteroatoms. The molecule has 6 atom stereocenters. The van der Waals surface area contributed by atoms with Crippen LogP contribution in [0, 0.1) is 12.3 Å². The Hall–Kier alpha value is -1.44. The number of hydrogen-bond donors (Lipinski definition) is 0. The summed E-state index contributed by atoms with van der Waals surface area (Å²) < 4.78 is 29.5. The molecule has 0 N–H and O–H groups in total. The van der Waals surface area contributed by atoms with Crippen molar-refractivity contribution in [1.29, 1.82) is 0 Å². The molecule has 0 unspecified atom stereocenters. The van der Waals surface area contributed by atoms with Crippen LogP contribution in [0.4, 0.5) is 0 Å². The van der Waals surface area contributed by atoms with Gasteiger partial charge in [-0.25, -0.2) is 4.79 Å². The summed E-state index contributed by atoms with van der Waals surface area (Å²) in [6.07, 6.45) is 4.88. The predicted octanol–water partition coefficient (Wildman–Crippen LogP) is 3.49. The minimum absolute atomic E-state index is 0.300. The van der Waals surface area contributed by atoms with E-state index in [2.05, 4.69) is 35.1 Å². The third-order valence-electron chi connectivity index (χ3n) is 4.73. The molecule has 2 aliphatic heterocycles. The Labute approximate surface area is 185 Å². The van der Waals surface area contributed by atoms with E-state index in [1.807, 2.05) is 19.9 Å². The van der Waals surface area contributed by atoms with Crippen molar-refractivity contribution in [1.82, 2.24) is 0 Å². The number of alkyl halides is 1.